The van der Waals surface area contributed by atoms with Crippen molar-refractivity contribution in [2.24, 2.45) is 0 Å². The Bertz CT molecular complexity index is 854. The average Bonchev–Trinajstić information content (AvgIpc) is 2.55. The molecule has 1 amide bonds. The minimum atomic E-state index is -0.840. The molecule has 0 unspecified atom stereocenters. The summed E-state index contributed by atoms with van der Waals surface area (Å²) in [4.78, 5) is 32.9. The van der Waals surface area contributed by atoms with Gasteiger partial charge in [-0.3, -0.25) is 25.0 Å². The molecule has 130 valence electrons. The highest BCUT2D eigenvalue weighted by Crippen LogP contribution is 2.39. The van der Waals surface area contributed by atoms with Crippen LogP contribution >= 0.6 is 27.5 Å². The van der Waals surface area contributed by atoms with E-state index in [1.165, 1.54) is 12.1 Å². The van der Waals surface area contributed by atoms with Gasteiger partial charge in [0.05, 0.1) is 33.2 Å². The summed E-state index contributed by atoms with van der Waals surface area (Å²) < 4.78 is 5.35. The van der Waals surface area contributed by atoms with Crippen LogP contribution in [-0.4, -0.2) is 22.9 Å². The summed E-state index contributed by atoms with van der Waals surface area (Å²) in [6.45, 7) is 0. The number of benzene rings is 2. The third-order valence-corrected chi connectivity index (χ3v) is 3.90. The Labute approximate surface area is 154 Å². The first-order valence-electron chi connectivity index (χ1n) is 6.51. The molecule has 0 aromatic heterocycles. The van der Waals surface area contributed by atoms with Crippen LogP contribution in [0.4, 0.5) is 17.1 Å². The molecular formula is C14H9BrClN3O6. The fourth-order valence-corrected chi connectivity index (χ4v) is 2.59. The van der Waals surface area contributed by atoms with E-state index in [0.29, 0.717) is 4.47 Å². The molecule has 0 radical (unpaired) electrons. The van der Waals surface area contributed by atoms with Gasteiger partial charge in [-0.15, -0.1) is 0 Å². The number of rotatable bonds is 5. The summed E-state index contributed by atoms with van der Waals surface area (Å²) in [6.07, 6.45) is 0. The highest BCUT2D eigenvalue weighted by Gasteiger charge is 2.28. The van der Waals surface area contributed by atoms with Gasteiger partial charge in [0, 0.05) is 16.6 Å². The summed E-state index contributed by atoms with van der Waals surface area (Å²) in [5.41, 5.74) is -1.34. The molecular weight excluding hydrogens is 422 g/mol. The lowest BCUT2D eigenvalue weighted by Crippen LogP contribution is -2.13. The average molecular weight is 431 g/mol. The van der Waals surface area contributed by atoms with Crippen LogP contribution in [0.2, 0.25) is 5.02 Å². The first-order chi connectivity index (χ1) is 11.7. The van der Waals surface area contributed by atoms with Crippen molar-refractivity contribution in [1.29, 1.82) is 0 Å². The predicted molar refractivity (Wildman–Crippen MR) is 93.4 cm³/mol. The summed E-state index contributed by atoms with van der Waals surface area (Å²) in [7, 11) is 1.08. The number of methoxy groups -OCH3 is 1. The van der Waals surface area contributed by atoms with E-state index in [-0.39, 0.29) is 16.3 Å². The van der Waals surface area contributed by atoms with Crippen LogP contribution in [0.25, 0.3) is 0 Å². The molecule has 2 aromatic carbocycles. The highest BCUT2D eigenvalue weighted by atomic mass is 79.9. The molecule has 25 heavy (non-hydrogen) atoms. The second kappa shape index (κ2) is 7.45. The number of hydrogen-bond donors (Lipinski definition) is 1. The van der Waals surface area contributed by atoms with E-state index in [2.05, 4.69) is 21.2 Å². The van der Waals surface area contributed by atoms with Crippen molar-refractivity contribution in [3.63, 3.8) is 0 Å². The van der Waals surface area contributed by atoms with Gasteiger partial charge in [0.15, 0.2) is 0 Å². The normalized spacial score (nSPS) is 10.2. The maximum absolute atomic E-state index is 12.3. The predicted octanol–water partition coefficient (Wildman–Crippen LogP) is 4.18. The van der Waals surface area contributed by atoms with Crippen molar-refractivity contribution in [3.8, 4) is 5.75 Å². The largest absolute Gasteiger partial charge is 0.485 e. The van der Waals surface area contributed by atoms with Crippen molar-refractivity contribution in [3.05, 3.63) is 65.6 Å². The number of anilines is 1. The van der Waals surface area contributed by atoms with Crippen molar-refractivity contribution >= 4 is 50.5 Å². The maximum Gasteiger partial charge on any atom is 0.320 e. The van der Waals surface area contributed by atoms with Gasteiger partial charge in [0.25, 0.3) is 11.7 Å². The van der Waals surface area contributed by atoms with Crippen molar-refractivity contribution in [1.82, 2.24) is 0 Å². The third kappa shape index (κ3) is 4.03. The minimum Gasteiger partial charge on any atom is -0.485 e. The zero-order valence-corrected chi connectivity index (χ0v) is 14.8. The first kappa shape index (κ1) is 18.6. The molecule has 0 saturated carbocycles. The van der Waals surface area contributed by atoms with Crippen molar-refractivity contribution in [2.45, 2.75) is 0 Å². The van der Waals surface area contributed by atoms with E-state index in [0.717, 1.165) is 19.2 Å². The number of halogens is 2. The molecule has 2 rings (SSSR count). The number of nitro groups is 2. The molecule has 0 aliphatic heterocycles. The van der Waals surface area contributed by atoms with Gasteiger partial charge >= 0.3 is 11.4 Å². The zero-order valence-electron chi connectivity index (χ0n) is 12.5. The monoisotopic (exact) mass is 429 g/mol. The molecule has 11 heteroatoms. The number of amides is 1. The summed E-state index contributed by atoms with van der Waals surface area (Å²) in [5, 5.41) is 24.8. The minimum absolute atomic E-state index is 0.0946. The molecule has 0 aliphatic carbocycles. The lowest BCUT2D eigenvalue weighted by molar-refractivity contribution is -0.395. The van der Waals surface area contributed by atoms with E-state index in [9.17, 15) is 25.0 Å². The highest BCUT2D eigenvalue weighted by molar-refractivity contribution is 9.10. The smallest absolute Gasteiger partial charge is 0.320 e. The second-order valence-electron chi connectivity index (χ2n) is 4.64. The number of hydrogen-bond acceptors (Lipinski definition) is 6. The number of carbonyl (C=O) groups is 1. The Morgan fingerprint density at radius 2 is 1.72 bits per heavy atom. The number of carbonyl (C=O) groups excluding carboxylic acids is 1. The lowest BCUT2D eigenvalue weighted by Gasteiger charge is -2.09. The third-order valence-electron chi connectivity index (χ3n) is 3.08. The fraction of sp³-hybridized carbons (Fsp3) is 0.0714. The van der Waals surface area contributed by atoms with E-state index >= 15 is 0 Å². The molecule has 0 spiro atoms. The maximum atomic E-state index is 12.3. The Morgan fingerprint density at radius 1 is 1.16 bits per heavy atom. The standard InChI is InChI=1S/C14H9BrClN3O6/c1-25-13-11(18(21)22)5-8(6-12(13)19(23)24)17-14(20)9-4-7(15)2-3-10(9)16/h2-6H,1H3,(H,17,20). The fourth-order valence-electron chi connectivity index (χ4n) is 2.02. The topological polar surface area (TPSA) is 125 Å². The van der Waals surface area contributed by atoms with Gasteiger partial charge in [0.1, 0.15) is 0 Å². The van der Waals surface area contributed by atoms with Crippen molar-refractivity contribution < 1.29 is 19.4 Å². The first-order valence-corrected chi connectivity index (χ1v) is 7.69. The number of nitrogens with zero attached hydrogens (tertiary/aromatic N) is 2. The quantitative estimate of drug-likeness (QED) is 0.560. The summed E-state index contributed by atoms with van der Waals surface area (Å²) in [5.74, 6) is -1.19. The summed E-state index contributed by atoms with van der Waals surface area (Å²) in [6, 6.07) is 6.50. The molecule has 0 heterocycles. The van der Waals surface area contributed by atoms with Crippen LogP contribution in [0, 0.1) is 20.2 Å². The molecule has 0 saturated heterocycles. The SMILES string of the molecule is COc1c([N+](=O)[O-])cc(NC(=O)c2cc(Br)ccc2Cl)cc1[N+](=O)[O-]. The lowest BCUT2D eigenvalue weighted by atomic mass is 10.2. The van der Waals surface area contributed by atoms with E-state index in [1.807, 2.05) is 0 Å². The van der Waals surface area contributed by atoms with E-state index < -0.39 is 32.9 Å². The van der Waals surface area contributed by atoms with Crippen LogP contribution in [0.3, 0.4) is 0 Å². The van der Waals surface area contributed by atoms with Gasteiger partial charge < -0.3 is 10.1 Å². The van der Waals surface area contributed by atoms with E-state index in [4.69, 9.17) is 16.3 Å². The van der Waals surface area contributed by atoms with Gasteiger partial charge in [-0.25, -0.2) is 0 Å². The van der Waals surface area contributed by atoms with Crippen LogP contribution in [0.5, 0.6) is 5.75 Å². The Balaban J connectivity index is 2.49. The number of nitrogens with one attached hydrogen (secondary N) is 1. The van der Waals surface area contributed by atoms with Gasteiger partial charge in [-0.2, -0.15) is 0 Å². The number of nitro benzene ring substituents is 2. The second-order valence-corrected chi connectivity index (χ2v) is 5.96. The Kier molecular flexibility index (Phi) is 5.55. The van der Waals surface area contributed by atoms with Crippen molar-refractivity contribution in [2.75, 3.05) is 12.4 Å². The number of ether oxygens (including phenoxy) is 1. The molecule has 0 fully saturated rings. The molecule has 2 aromatic rings. The van der Waals surface area contributed by atoms with Crippen LogP contribution < -0.4 is 10.1 Å². The van der Waals surface area contributed by atoms with Gasteiger partial charge in [-0.05, 0) is 18.2 Å². The summed E-state index contributed by atoms with van der Waals surface area (Å²) >= 11 is 9.15. The molecule has 0 aliphatic rings. The van der Waals surface area contributed by atoms with Crippen LogP contribution in [0.1, 0.15) is 10.4 Å². The molecule has 1 N–H and O–H groups in total. The Hall–Kier alpha value is -2.72. The molecule has 0 atom stereocenters. The Morgan fingerprint density at radius 3 is 2.20 bits per heavy atom. The molecule has 9 nitrogen and oxygen atoms in total. The van der Waals surface area contributed by atoms with Gasteiger partial charge in [-0.1, -0.05) is 27.5 Å². The van der Waals surface area contributed by atoms with E-state index in [1.54, 1.807) is 6.07 Å². The zero-order chi connectivity index (χ0) is 18.7. The van der Waals surface area contributed by atoms with Crippen LogP contribution in [0.15, 0.2) is 34.8 Å². The molecule has 0 bridgehead atoms. The van der Waals surface area contributed by atoms with Gasteiger partial charge in [0.2, 0.25) is 0 Å². The van der Waals surface area contributed by atoms with Crippen LogP contribution in [-0.2, 0) is 0 Å².